The molecule has 0 aromatic carbocycles. The first-order valence-corrected chi connectivity index (χ1v) is 5.84. The minimum atomic E-state index is -1.16. The Bertz CT molecular complexity index is 385. The Morgan fingerprint density at radius 2 is 2.24 bits per heavy atom. The van der Waals surface area contributed by atoms with Crippen LogP contribution in [-0.2, 0) is 4.74 Å². The van der Waals surface area contributed by atoms with Gasteiger partial charge in [0.05, 0.1) is 18.4 Å². The second-order valence-corrected chi connectivity index (χ2v) is 3.73. The summed E-state index contributed by atoms with van der Waals surface area (Å²) in [6.07, 6.45) is -2.19. The molecule has 0 aliphatic heterocycles. The van der Waals surface area contributed by atoms with E-state index < -0.39 is 18.2 Å². The Balaban J connectivity index is 2.89. The number of thiol groups is 1. The van der Waals surface area contributed by atoms with Crippen molar-refractivity contribution in [2.24, 2.45) is 0 Å². The maximum atomic E-state index is 11.4. The fourth-order valence-corrected chi connectivity index (χ4v) is 1.43. The highest BCUT2D eigenvalue weighted by Gasteiger charge is 2.19. The SMILES string of the molecule is CCOC(=O)c1cccc(C(O)C(O)CS)n1. The van der Waals surface area contributed by atoms with Crippen LogP contribution in [0, 0.1) is 0 Å². The second kappa shape index (κ2) is 6.58. The first-order chi connectivity index (χ1) is 8.10. The van der Waals surface area contributed by atoms with Gasteiger partial charge in [-0.3, -0.25) is 0 Å². The number of hydrogen-bond acceptors (Lipinski definition) is 6. The van der Waals surface area contributed by atoms with E-state index in [0.29, 0.717) is 0 Å². The van der Waals surface area contributed by atoms with E-state index >= 15 is 0 Å². The Morgan fingerprint density at radius 1 is 1.53 bits per heavy atom. The summed E-state index contributed by atoms with van der Waals surface area (Å²) in [6, 6.07) is 4.59. The Labute approximate surface area is 105 Å². The number of pyridine rings is 1. The quantitative estimate of drug-likeness (QED) is 0.531. The van der Waals surface area contributed by atoms with Crippen LogP contribution in [0.2, 0.25) is 0 Å². The smallest absolute Gasteiger partial charge is 0.356 e. The van der Waals surface area contributed by atoms with E-state index in [1.54, 1.807) is 13.0 Å². The standard InChI is InChI=1S/C11H15NO4S/c1-2-16-11(15)8-5-3-4-7(12-8)10(14)9(13)6-17/h3-5,9-10,13-14,17H,2,6H2,1H3. The van der Waals surface area contributed by atoms with Gasteiger partial charge in [-0.05, 0) is 19.1 Å². The van der Waals surface area contributed by atoms with Gasteiger partial charge in [0.25, 0.3) is 0 Å². The van der Waals surface area contributed by atoms with Crippen LogP contribution in [0.1, 0.15) is 29.2 Å². The normalized spacial score (nSPS) is 14.1. The van der Waals surface area contributed by atoms with Gasteiger partial charge in [0.2, 0.25) is 0 Å². The van der Waals surface area contributed by atoms with Gasteiger partial charge in [0.1, 0.15) is 11.8 Å². The van der Waals surface area contributed by atoms with Gasteiger partial charge in [-0.15, -0.1) is 0 Å². The fourth-order valence-electron chi connectivity index (χ4n) is 1.23. The summed E-state index contributed by atoms with van der Waals surface area (Å²) in [7, 11) is 0. The van der Waals surface area contributed by atoms with Gasteiger partial charge >= 0.3 is 5.97 Å². The summed E-state index contributed by atoms with van der Waals surface area (Å²) >= 11 is 3.88. The molecule has 2 N–H and O–H groups in total. The fraction of sp³-hybridized carbons (Fsp3) is 0.455. The zero-order valence-corrected chi connectivity index (χ0v) is 10.3. The minimum Gasteiger partial charge on any atom is -0.461 e. The average Bonchev–Trinajstić information content (AvgIpc) is 2.37. The molecule has 0 aliphatic rings. The third kappa shape index (κ3) is 3.69. The van der Waals surface area contributed by atoms with Crippen LogP contribution >= 0.6 is 12.6 Å². The predicted octanol–water partition coefficient (Wildman–Crippen LogP) is 0.582. The number of carbonyl (C=O) groups excluding carboxylic acids is 1. The molecule has 0 amide bonds. The Kier molecular flexibility index (Phi) is 5.40. The van der Waals surface area contributed by atoms with Crippen molar-refractivity contribution < 1.29 is 19.7 Å². The lowest BCUT2D eigenvalue weighted by atomic mass is 10.1. The number of aromatic nitrogens is 1. The molecule has 0 aliphatic carbocycles. The van der Waals surface area contributed by atoms with Crippen molar-refractivity contribution in [3.8, 4) is 0 Å². The number of aliphatic hydroxyl groups is 2. The van der Waals surface area contributed by atoms with Gasteiger partial charge in [-0.2, -0.15) is 12.6 Å². The van der Waals surface area contributed by atoms with Crippen LogP contribution in [-0.4, -0.2) is 39.6 Å². The zero-order chi connectivity index (χ0) is 12.8. The molecular weight excluding hydrogens is 242 g/mol. The molecule has 2 unspecified atom stereocenters. The first kappa shape index (κ1) is 14.0. The highest BCUT2D eigenvalue weighted by atomic mass is 32.1. The maximum Gasteiger partial charge on any atom is 0.356 e. The summed E-state index contributed by atoms with van der Waals surface area (Å²) in [5.74, 6) is -0.450. The lowest BCUT2D eigenvalue weighted by molar-refractivity contribution is 0.0304. The summed E-state index contributed by atoms with van der Waals surface area (Å²) in [4.78, 5) is 15.4. The molecule has 6 heteroatoms. The van der Waals surface area contributed by atoms with Gasteiger partial charge in [0, 0.05) is 5.75 Å². The van der Waals surface area contributed by atoms with Crippen LogP contribution < -0.4 is 0 Å². The van der Waals surface area contributed by atoms with Crippen molar-refractivity contribution in [3.05, 3.63) is 29.6 Å². The second-order valence-electron chi connectivity index (χ2n) is 3.36. The number of nitrogens with zero attached hydrogens (tertiary/aromatic N) is 1. The molecule has 1 heterocycles. The van der Waals surface area contributed by atoms with Crippen molar-refractivity contribution in [1.82, 2.24) is 4.98 Å². The van der Waals surface area contributed by atoms with Gasteiger partial charge in [-0.25, -0.2) is 9.78 Å². The molecule has 0 spiro atoms. The lowest BCUT2D eigenvalue weighted by Crippen LogP contribution is -2.21. The van der Waals surface area contributed by atoms with E-state index in [1.165, 1.54) is 12.1 Å². The maximum absolute atomic E-state index is 11.4. The third-order valence-corrected chi connectivity index (χ3v) is 2.48. The van der Waals surface area contributed by atoms with Crippen LogP contribution in [0.5, 0.6) is 0 Å². The number of aliphatic hydroxyl groups excluding tert-OH is 2. The van der Waals surface area contributed by atoms with E-state index in [0.717, 1.165) is 0 Å². The molecule has 1 aromatic heterocycles. The molecular formula is C11H15NO4S. The number of hydrogen-bond donors (Lipinski definition) is 3. The first-order valence-electron chi connectivity index (χ1n) is 5.21. The molecule has 5 nitrogen and oxygen atoms in total. The monoisotopic (exact) mass is 257 g/mol. The summed E-state index contributed by atoms with van der Waals surface area (Å²) in [5, 5.41) is 19.1. The molecule has 94 valence electrons. The summed E-state index contributed by atoms with van der Waals surface area (Å²) < 4.78 is 4.79. The summed E-state index contributed by atoms with van der Waals surface area (Å²) in [6.45, 7) is 1.95. The molecule has 0 saturated heterocycles. The average molecular weight is 257 g/mol. The number of carbonyl (C=O) groups is 1. The summed E-state index contributed by atoms with van der Waals surface area (Å²) in [5.41, 5.74) is 0.326. The van der Waals surface area contributed by atoms with E-state index in [4.69, 9.17) is 4.74 Å². The van der Waals surface area contributed by atoms with Gasteiger partial charge < -0.3 is 14.9 Å². The predicted molar refractivity (Wildman–Crippen MR) is 65.0 cm³/mol. The highest BCUT2D eigenvalue weighted by molar-refractivity contribution is 7.80. The van der Waals surface area contributed by atoms with Crippen molar-refractivity contribution in [1.29, 1.82) is 0 Å². The highest BCUT2D eigenvalue weighted by Crippen LogP contribution is 2.16. The third-order valence-electron chi connectivity index (χ3n) is 2.11. The van der Waals surface area contributed by atoms with E-state index in [-0.39, 0.29) is 23.7 Å². The zero-order valence-electron chi connectivity index (χ0n) is 9.41. The van der Waals surface area contributed by atoms with Crippen LogP contribution in [0.4, 0.5) is 0 Å². The van der Waals surface area contributed by atoms with Crippen LogP contribution in [0.15, 0.2) is 18.2 Å². The molecule has 0 radical (unpaired) electrons. The molecule has 17 heavy (non-hydrogen) atoms. The number of rotatable bonds is 5. The van der Waals surface area contributed by atoms with Crippen LogP contribution in [0.25, 0.3) is 0 Å². The molecule has 2 atom stereocenters. The van der Waals surface area contributed by atoms with Gasteiger partial charge in [0.15, 0.2) is 0 Å². The van der Waals surface area contributed by atoms with E-state index in [2.05, 4.69) is 17.6 Å². The molecule has 1 rings (SSSR count). The molecule has 1 aromatic rings. The van der Waals surface area contributed by atoms with Crippen molar-refractivity contribution in [3.63, 3.8) is 0 Å². The minimum absolute atomic E-state index is 0.104. The van der Waals surface area contributed by atoms with Gasteiger partial charge in [-0.1, -0.05) is 6.07 Å². The lowest BCUT2D eigenvalue weighted by Gasteiger charge is -2.15. The number of ether oxygens (including phenoxy) is 1. The number of esters is 1. The van der Waals surface area contributed by atoms with E-state index in [9.17, 15) is 15.0 Å². The van der Waals surface area contributed by atoms with E-state index in [1.807, 2.05) is 0 Å². The molecule has 0 saturated carbocycles. The Hall–Kier alpha value is -1.11. The topological polar surface area (TPSA) is 79.7 Å². The Morgan fingerprint density at radius 3 is 2.82 bits per heavy atom. The van der Waals surface area contributed by atoms with Crippen LogP contribution in [0.3, 0.4) is 0 Å². The van der Waals surface area contributed by atoms with Crippen molar-refractivity contribution in [2.45, 2.75) is 19.1 Å². The van der Waals surface area contributed by atoms with Crippen molar-refractivity contribution >= 4 is 18.6 Å². The molecule has 0 fully saturated rings. The largest absolute Gasteiger partial charge is 0.461 e. The van der Waals surface area contributed by atoms with Crippen molar-refractivity contribution in [2.75, 3.05) is 12.4 Å². The molecule has 0 bridgehead atoms.